The molecule has 55 heavy (non-hydrogen) atoms. The highest BCUT2D eigenvalue weighted by Crippen LogP contribution is 2.76. The van der Waals surface area contributed by atoms with Crippen molar-refractivity contribution in [1.82, 2.24) is 10.2 Å². The number of piperidine rings is 1. The third kappa shape index (κ3) is 6.82. The Morgan fingerprint density at radius 1 is 0.855 bits per heavy atom. The van der Waals surface area contributed by atoms with Gasteiger partial charge in [0.15, 0.2) is 0 Å². The monoisotopic (exact) mass is 759 g/mol. The van der Waals surface area contributed by atoms with E-state index in [1.165, 1.54) is 36.8 Å². The minimum atomic E-state index is -0.875. The molecule has 2 amide bonds. The van der Waals surface area contributed by atoms with Crippen LogP contribution in [0.15, 0.2) is 42.5 Å². The lowest BCUT2D eigenvalue weighted by Gasteiger charge is -2.72. The van der Waals surface area contributed by atoms with Crippen LogP contribution in [0, 0.1) is 51.2 Å². The number of carboxylic acid groups (broad SMARTS) is 1. The first kappa shape index (κ1) is 40.5. The van der Waals surface area contributed by atoms with Crippen LogP contribution in [0.5, 0.6) is 0 Å². The number of carboxylic acids is 1. The van der Waals surface area contributed by atoms with Crippen molar-refractivity contribution in [1.29, 1.82) is 0 Å². The Morgan fingerprint density at radius 3 is 2.24 bits per heavy atom. The zero-order valence-electron chi connectivity index (χ0n) is 35.0. The molecule has 1 aromatic rings. The number of rotatable bonds is 11. The molecule has 8 heteroatoms. The van der Waals surface area contributed by atoms with Crippen LogP contribution in [-0.4, -0.2) is 80.3 Å². The SMILES string of the molecule is C=C(C)[C@@H]1CC[C@]2(NC(=O)N3CCC(OCCOCCOC)CC3)CC[C@]3(C)[C@H](CC[C@@H]4[C@@]5(C)CC=C(c6ccc(C(=O)O)cc6)C(C)(C)[C@@H]5CC[C@]43C)[C@@H]12. The topological polar surface area (TPSA) is 97.3 Å². The zero-order chi connectivity index (χ0) is 39.4. The van der Waals surface area contributed by atoms with Crippen molar-refractivity contribution in [2.24, 2.45) is 51.2 Å². The summed E-state index contributed by atoms with van der Waals surface area (Å²) in [6.07, 6.45) is 14.8. The van der Waals surface area contributed by atoms with Gasteiger partial charge in [-0.2, -0.15) is 0 Å². The van der Waals surface area contributed by atoms with Crippen LogP contribution in [0.4, 0.5) is 4.79 Å². The van der Waals surface area contributed by atoms with Crippen molar-refractivity contribution in [2.45, 2.75) is 124 Å². The third-order valence-corrected chi connectivity index (χ3v) is 17.2. The van der Waals surface area contributed by atoms with Crippen LogP contribution >= 0.6 is 0 Å². The summed E-state index contributed by atoms with van der Waals surface area (Å²) >= 11 is 0. The number of aromatic carboxylic acids is 1. The summed E-state index contributed by atoms with van der Waals surface area (Å²) in [6, 6.07) is 7.68. The van der Waals surface area contributed by atoms with Gasteiger partial charge < -0.3 is 29.5 Å². The number of likely N-dealkylation sites (tertiary alicyclic amines) is 1. The molecule has 2 N–H and O–H groups in total. The molecule has 304 valence electrons. The van der Waals surface area contributed by atoms with Gasteiger partial charge in [-0.15, -0.1) is 0 Å². The molecule has 7 rings (SSSR count). The van der Waals surface area contributed by atoms with Gasteiger partial charge in [0.25, 0.3) is 0 Å². The van der Waals surface area contributed by atoms with Gasteiger partial charge in [0, 0.05) is 25.7 Å². The first-order valence-electron chi connectivity index (χ1n) is 21.6. The van der Waals surface area contributed by atoms with E-state index in [-0.39, 0.29) is 39.3 Å². The number of nitrogens with one attached hydrogen (secondary N) is 1. The smallest absolute Gasteiger partial charge is 0.335 e. The maximum Gasteiger partial charge on any atom is 0.335 e. The Morgan fingerprint density at radius 2 is 1.56 bits per heavy atom. The molecule has 0 spiro atoms. The molecule has 5 fully saturated rings. The van der Waals surface area contributed by atoms with E-state index in [9.17, 15) is 14.7 Å². The second-order valence-electron chi connectivity index (χ2n) is 19.9. The number of carbonyl (C=O) groups excluding carboxylic acids is 1. The maximum atomic E-state index is 14.2. The molecule has 6 aliphatic rings. The lowest BCUT2D eigenvalue weighted by atomic mass is 9.33. The van der Waals surface area contributed by atoms with Crippen molar-refractivity contribution in [3.05, 3.63) is 53.6 Å². The summed E-state index contributed by atoms with van der Waals surface area (Å²) in [6.45, 7) is 23.5. The van der Waals surface area contributed by atoms with Gasteiger partial charge >= 0.3 is 12.0 Å². The van der Waals surface area contributed by atoms with E-state index in [0.29, 0.717) is 61.6 Å². The highest BCUT2D eigenvalue weighted by molar-refractivity contribution is 5.88. The zero-order valence-corrected chi connectivity index (χ0v) is 35.0. The third-order valence-electron chi connectivity index (χ3n) is 17.2. The van der Waals surface area contributed by atoms with E-state index in [4.69, 9.17) is 14.2 Å². The summed E-state index contributed by atoms with van der Waals surface area (Å²) in [5.41, 5.74) is 4.57. The maximum absolute atomic E-state index is 14.2. The Hall–Kier alpha value is -2.68. The van der Waals surface area contributed by atoms with Crippen LogP contribution in [0.1, 0.15) is 128 Å². The molecule has 5 aliphatic carbocycles. The second-order valence-corrected chi connectivity index (χ2v) is 19.9. The number of amides is 2. The van der Waals surface area contributed by atoms with Crippen molar-refractivity contribution in [3.8, 4) is 0 Å². The fourth-order valence-electron chi connectivity index (χ4n) is 14.3. The molecular formula is C47H70N2O6. The largest absolute Gasteiger partial charge is 0.478 e. The van der Waals surface area contributed by atoms with Gasteiger partial charge in [-0.05, 0) is 152 Å². The van der Waals surface area contributed by atoms with E-state index < -0.39 is 5.97 Å². The summed E-state index contributed by atoms with van der Waals surface area (Å²) in [4.78, 5) is 27.8. The van der Waals surface area contributed by atoms with Crippen LogP contribution < -0.4 is 5.32 Å². The lowest BCUT2D eigenvalue weighted by Crippen LogP contribution is -2.69. The highest BCUT2D eigenvalue weighted by atomic mass is 16.5. The molecule has 1 aromatic carbocycles. The molecule has 0 aromatic heterocycles. The molecule has 9 atom stereocenters. The van der Waals surface area contributed by atoms with Crippen LogP contribution in [0.3, 0.4) is 0 Å². The fraction of sp³-hybridized carbons (Fsp3) is 0.745. The fourth-order valence-corrected chi connectivity index (χ4v) is 14.3. The minimum Gasteiger partial charge on any atom is -0.478 e. The van der Waals surface area contributed by atoms with Crippen LogP contribution in [0.2, 0.25) is 0 Å². The summed E-state index contributed by atoms with van der Waals surface area (Å²) < 4.78 is 16.7. The van der Waals surface area contributed by atoms with E-state index in [1.807, 2.05) is 12.1 Å². The predicted molar refractivity (Wildman–Crippen MR) is 218 cm³/mol. The van der Waals surface area contributed by atoms with Crippen molar-refractivity contribution < 1.29 is 28.9 Å². The number of nitrogens with zero attached hydrogens (tertiary/aromatic N) is 1. The lowest BCUT2D eigenvalue weighted by molar-refractivity contribution is -0.218. The second kappa shape index (κ2) is 15.2. The number of carbonyl (C=O) groups is 2. The average molecular weight is 759 g/mol. The number of ether oxygens (including phenoxy) is 3. The van der Waals surface area contributed by atoms with Gasteiger partial charge in [0.1, 0.15) is 0 Å². The molecule has 8 nitrogen and oxygen atoms in total. The number of fused-ring (bicyclic) bond motifs is 7. The van der Waals surface area contributed by atoms with Crippen molar-refractivity contribution in [2.75, 3.05) is 46.6 Å². The molecule has 1 heterocycles. The minimum absolute atomic E-state index is 0.0155. The van der Waals surface area contributed by atoms with Crippen LogP contribution in [-0.2, 0) is 14.2 Å². The number of allylic oxidation sites excluding steroid dienone is 3. The van der Waals surface area contributed by atoms with E-state index in [2.05, 4.69) is 64.4 Å². The van der Waals surface area contributed by atoms with Crippen molar-refractivity contribution in [3.63, 3.8) is 0 Å². The Labute approximate surface area is 331 Å². The van der Waals surface area contributed by atoms with Gasteiger partial charge in [0.2, 0.25) is 0 Å². The number of benzene rings is 1. The summed E-state index contributed by atoms with van der Waals surface area (Å²) in [5, 5.41) is 13.3. The molecule has 0 bridgehead atoms. The summed E-state index contributed by atoms with van der Waals surface area (Å²) in [5.74, 6) is 1.70. The first-order chi connectivity index (χ1) is 26.1. The van der Waals surface area contributed by atoms with Crippen molar-refractivity contribution >= 4 is 17.6 Å². The summed E-state index contributed by atoms with van der Waals surface area (Å²) in [7, 11) is 1.68. The predicted octanol–water partition coefficient (Wildman–Crippen LogP) is 9.64. The average Bonchev–Trinajstić information content (AvgIpc) is 3.53. The number of hydrogen-bond acceptors (Lipinski definition) is 5. The Bertz CT molecular complexity index is 1630. The van der Waals surface area contributed by atoms with Gasteiger partial charge in [0.05, 0.1) is 38.1 Å². The Balaban J connectivity index is 1.08. The van der Waals surface area contributed by atoms with Crippen LogP contribution in [0.25, 0.3) is 5.57 Å². The quantitative estimate of drug-likeness (QED) is 0.172. The molecule has 1 aliphatic heterocycles. The standard InChI is InChI=1S/C47H70N2O6/c1-31(2)35-15-22-47(48-42(52)49-25-18-34(19-26-49)55-30-29-54-28-27-53-8)24-23-45(6)37(40(35)47)13-14-39-44(5)20-16-36(32-9-11-33(12-10-32)41(50)51)43(3,4)38(44)17-21-46(39,45)7/h9-12,16,34-35,37-40H,1,13-15,17-30H2,2-8H3,(H,48,52)(H,50,51)/t35-,37+,38-,39+,40+,44-,45+,46+,47-/m0/s1. The number of urea groups is 1. The molecule has 4 saturated carbocycles. The van der Waals surface area contributed by atoms with E-state index >= 15 is 0 Å². The first-order valence-corrected chi connectivity index (χ1v) is 21.6. The number of methoxy groups -OCH3 is 1. The van der Waals surface area contributed by atoms with Gasteiger partial charge in [-0.3, -0.25) is 0 Å². The van der Waals surface area contributed by atoms with E-state index in [1.54, 1.807) is 19.2 Å². The molecule has 0 radical (unpaired) electrons. The molecule has 0 unspecified atom stereocenters. The van der Waals surface area contributed by atoms with Gasteiger partial charge in [-0.25, -0.2) is 9.59 Å². The Kier molecular flexibility index (Phi) is 11.2. The van der Waals surface area contributed by atoms with E-state index in [0.717, 1.165) is 63.6 Å². The van der Waals surface area contributed by atoms with Gasteiger partial charge in [-0.1, -0.05) is 65.0 Å². The molecular weight excluding hydrogens is 689 g/mol. The molecule has 1 saturated heterocycles. The normalized spacial score (nSPS) is 38.2. The number of hydrogen-bond donors (Lipinski definition) is 2. The highest BCUT2D eigenvalue weighted by Gasteiger charge is 2.70.